The number of rotatable bonds is 2. The summed E-state index contributed by atoms with van der Waals surface area (Å²) in [7, 11) is 1.89. The molecule has 2 heterocycles. The topological polar surface area (TPSA) is 69.2 Å². The number of nitrogens with one attached hydrogen (secondary N) is 2. The van der Waals surface area contributed by atoms with Crippen LogP contribution in [-0.4, -0.2) is 22.4 Å². The van der Waals surface area contributed by atoms with Crippen LogP contribution in [0.25, 0.3) is 16.9 Å². The summed E-state index contributed by atoms with van der Waals surface area (Å²) < 4.78 is 1.67. The predicted octanol–water partition coefficient (Wildman–Crippen LogP) is 1.67. The molecule has 82 valence electrons. The molecule has 2 aromatic heterocycles. The van der Waals surface area contributed by atoms with Gasteiger partial charge >= 0.3 is 0 Å². The number of H-pyrrole nitrogens is 1. The molecule has 0 spiro atoms. The summed E-state index contributed by atoms with van der Waals surface area (Å²) >= 11 is 0. The molecular formula is C9H14BN5Y-. The first-order valence-electron chi connectivity index (χ1n) is 4.82. The van der Waals surface area contributed by atoms with Gasteiger partial charge in [-0.1, -0.05) is 13.2 Å². The third-order valence-corrected chi connectivity index (χ3v) is 1.79. The Morgan fingerprint density at radius 1 is 1.50 bits per heavy atom. The van der Waals surface area contributed by atoms with E-state index in [4.69, 9.17) is 5.73 Å². The van der Waals surface area contributed by atoms with Gasteiger partial charge < -0.3 is 16.4 Å². The molecular weight excluding hydrogens is 278 g/mol. The second-order valence-corrected chi connectivity index (χ2v) is 2.68. The first-order chi connectivity index (χ1) is 7.33. The molecule has 0 saturated carbocycles. The Morgan fingerprint density at radius 2 is 2.19 bits per heavy atom. The Balaban J connectivity index is 0.000000711. The smallest absolute Gasteiger partial charge is 0.258 e. The van der Waals surface area contributed by atoms with Gasteiger partial charge in [0, 0.05) is 32.7 Å². The van der Waals surface area contributed by atoms with Crippen LogP contribution in [0.1, 0.15) is 13.8 Å². The van der Waals surface area contributed by atoms with Gasteiger partial charge in [-0.3, -0.25) is 5.73 Å². The van der Waals surface area contributed by atoms with E-state index in [0.717, 1.165) is 17.5 Å². The van der Waals surface area contributed by atoms with Crippen molar-refractivity contribution in [2.75, 3.05) is 0 Å². The average Bonchev–Trinajstić information content (AvgIpc) is 2.73. The summed E-state index contributed by atoms with van der Waals surface area (Å²) in [5.41, 5.74) is 9.16. The van der Waals surface area contributed by atoms with Gasteiger partial charge in [-0.2, -0.15) is 6.92 Å². The molecule has 0 unspecified atom stereocenters. The zero-order valence-corrected chi connectivity index (χ0v) is 12.4. The molecule has 2 rings (SSSR count). The molecule has 7 heteroatoms. The van der Waals surface area contributed by atoms with Gasteiger partial charge in [-0.25, -0.2) is 9.97 Å². The molecule has 0 aliphatic heterocycles. The molecule has 5 nitrogen and oxygen atoms in total. The van der Waals surface area contributed by atoms with Crippen molar-refractivity contribution in [2.45, 2.75) is 20.2 Å². The molecule has 0 saturated heterocycles. The normalized spacial score (nSPS) is 8.94. The maximum Gasteiger partial charge on any atom is 0.258 e. The van der Waals surface area contributed by atoms with Gasteiger partial charge in [0.1, 0.15) is 11.2 Å². The SMILES string of the molecule is CC[B][n+]1c([NH-])ncc2[nH]cnc21.[CH2-]C.[Y]. The van der Waals surface area contributed by atoms with Crippen LogP contribution in [0.3, 0.4) is 0 Å². The predicted molar refractivity (Wildman–Crippen MR) is 60.7 cm³/mol. The van der Waals surface area contributed by atoms with E-state index in [1.54, 1.807) is 23.9 Å². The van der Waals surface area contributed by atoms with Crippen LogP contribution in [0.5, 0.6) is 0 Å². The van der Waals surface area contributed by atoms with E-state index < -0.39 is 0 Å². The van der Waals surface area contributed by atoms with E-state index >= 15 is 0 Å². The van der Waals surface area contributed by atoms with Crippen LogP contribution in [-0.2, 0) is 32.7 Å². The fraction of sp³-hybridized carbons (Fsp3) is 0.333. The van der Waals surface area contributed by atoms with Gasteiger partial charge in [0.2, 0.25) is 5.95 Å². The molecule has 2 N–H and O–H groups in total. The van der Waals surface area contributed by atoms with Crippen LogP contribution in [0.4, 0.5) is 5.95 Å². The average molecular weight is 292 g/mol. The van der Waals surface area contributed by atoms with Gasteiger partial charge in [0.05, 0.1) is 12.5 Å². The van der Waals surface area contributed by atoms with Crippen LogP contribution in [0.15, 0.2) is 12.5 Å². The van der Waals surface area contributed by atoms with Crippen LogP contribution in [0, 0.1) is 6.92 Å². The third kappa shape index (κ3) is 3.25. The van der Waals surface area contributed by atoms with E-state index in [1.165, 1.54) is 0 Å². The summed E-state index contributed by atoms with van der Waals surface area (Å²) in [6.07, 6.45) is 4.07. The van der Waals surface area contributed by atoms with Crippen LogP contribution >= 0.6 is 0 Å². The van der Waals surface area contributed by atoms with Crippen molar-refractivity contribution < 1.29 is 37.2 Å². The van der Waals surface area contributed by atoms with Gasteiger partial charge in [-0.05, 0) is 0 Å². The van der Waals surface area contributed by atoms with Crippen molar-refractivity contribution in [3.8, 4) is 0 Å². The number of aromatic nitrogens is 4. The van der Waals surface area contributed by atoms with E-state index in [2.05, 4.69) is 21.9 Å². The maximum atomic E-state index is 7.56. The second kappa shape index (κ2) is 7.74. The maximum absolute atomic E-state index is 7.56. The van der Waals surface area contributed by atoms with Crippen molar-refractivity contribution in [3.05, 3.63) is 25.2 Å². The Bertz CT molecular complexity index is 431. The standard InChI is InChI=1S/C7H9BN5.C2H5.Y/c1-2-8-13-6-5(11-4-12-6)3-10-7(13)9;1-2;/h3-4H,2H2,1H3,(H2-,9,10,11,12);1H2,2H3;/q;-1;. The zero-order valence-electron chi connectivity index (χ0n) is 9.57. The van der Waals surface area contributed by atoms with E-state index in [1.807, 2.05) is 14.3 Å². The molecule has 0 aliphatic carbocycles. The largest absolute Gasteiger partial charge is 0.346 e. The fourth-order valence-electron chi connectivity index (χ4n) is 1.23. The number of hydrogen-bond acceptors (Lipinski definition) is 2. The molecule has 16 heavy (non-hydrogen) atoms. The van der Waals surface area contributed by atoms with Crippen molar-refractivity contribution >= 4 is 24.5 Å². The van der Waals surface area contributed by atoms with Gasteiger partial charge in [0.25, 0.3) is 7.41 Å². The van der Waals surface area contributed by atoms with Gasteiger partial charge in [0.15, 0.2) is 0 Å². The minimum absolute atomic E-state index is 0. The van der Waals surface area contributed by atoms with Crippen molar-refractivity contribution in [2.24, 2.45) is 0 Å². The number of imidazole rings is 1. The summed E-state index contributed by atoms with van der Waals surface area (Å²) in [5.74, 6) is 0.210. The minimum Gasteiger partial charge on any atom is -0.346 e. The molecule has 0 bridgehead atoms. The Kier molecular flexibility index (Phi) is 7.50. The second-order valence-electron chi connectivity index (χ2n) is 2.68. The summed E-state index contributed by atoms with van der Waals surface area (Å²) in [5, 5.41) is 0. The molecule has 0 aliphatic rings. The van der Waals surface area contributed by atoms with Gasteiger partial charge in [-0.15, -0.1) is 0 Å². The number of fused-ring (bicyclic) bond motifs is 1. The zero-order chi connectivity index (χ0) is 11.3. The Hall–Kier alpha value is -0.481. The van der Waals surface area contributed by atoms with Crippen molar-refractivity contribution in [1.82, 2.24) is 15.0 Å². The van der Waals surface area contributed by atoms with Crippen molar-refractivity contribution in [1.29, 1.82) is 0 Å². The summed E-state index contributed by atoms with van der Waals surface area (Å²) in [4.78, 5) is 11.0. The van der Waals surface area contributed by atoms with Crippen LogP contribution in [0.2, 0.25) is 6.32 Å². The van der Waals surface area contributed by atoms with Crippen molar-refractivity contribution in [3.63, 3.8) is 0 Å². The third-order valence-electron chi connectivity index (χ3n) is 1.79. The molecule has 2 aromatic rings. The molecule has 0 amide bonds. The summed E-state index contributed by atoms with van der Waals surface area (Å²) in [6, 6.07) is 0. The van der Waals surface area contributed by atoms with E-state index in [0.29, 0.717) is 0 Å². The number of hydrogen-bond donors (Lipinski definition) is 1. The number of aromatic amines is 1. The monoisotopic (exact) mass is 292 g/mol. The minimum atomic E-state index is 0. The quantitative estimate of drug-likeness (QED) is 0.675. The van der Waals surface area contributed by atoms with Crippen LogP contribution < -0.4 is 4.48 Å². The number of nitrogens with zero attached hydrogens (tertiary/aromatic N) is 3. The van der Waals surface area contributed by atoms with E-state index in [-0.39, 0.29) is 38.7 Å². The summed E-state index contributed by atoms with van der Waals surface area (Å²) in [6.45, 7) is 7.01. The molecule has 2 radical (unpaired) electrons. The first-order valence-corrected chi connectivity index (χ1v) is 4.82. The Morgan fingerprint density at radius 3 is 2.81 bits per heavy atom. The fourth-order valence-corrected chi connectivity index (χ4v) is 1.23. The first kappa shape index (κ1) is 15.5. The van der Waals surface area contributed by atoms with E-state index in [9.17, 15) is 0 Å². The Labute approximate surface area is 121 Å². The molecule has 0 aromatic carbocycles. The molecule has 0 atom stereocenters. The molecule has 0 fully saturated rings.